The van der Waals surface area contributed by atoms with Gasteiger partial charge in [0.1, 0.15) is 11.6 Å². The average molecular weight is 257 g/mol. The molecule has 100 valence electrons. The molecule has 19 heavy (non-hydrogen) atoms. The zero-order valence-corrected chi connectivity index (χ0v) is 11.3. The minimum Gasteiger partial charge on any atom is -0.314 e. The Labute approximate surface area is 113 Å². The van der Waals surface area contributed by atoms with Crippen LogP contribution in [0.1, 0.15) is 35.9 Å². The molecule has 0 radical (unpaired) electrons. The molecule has 2 aromatic rings. The largest absolute Gasteiger partial charge is 0.314 e. The number of fused-ring (bicyclic) bond motifs is 1. The van der Waals surface area contributed by atoms with Gasteiger partial charge in [0.25, 0.3) is 0 Å². The van der Waals surface area contributed by atoms with Crippen molar-refractivity contribution in [2.24, 2.45) is 0 Å². The van der Waals surface area contributed by atoms with Crippen LogP contribution in [0.4, 0.5) is 0 Å². The SMILES string of the molecule is Cc1cccc(CNCc2nnc3n2CCCC3)n1. The lowest BCUT2D eigenvalue weighted by Crippen LogP contribution is -2.20. The molecule has 0 saturated carbocycles. The highest BCUT2D eigenvalue weighted by Crippen LogP contribution is 2.14. The summed E-state index contributed by atoms with van der Waals surface area (Å²) in [4.78, 5) is 4.47. The Morgan fingerprint density at radius 1 is 1.21 bits per heavy atom. The second-order valence-electron chi connectivity index (χ2n) is 5.02. The van der Waals surface area contributed by atoms with Crippen LogP contribution < -0.4 is 5.32 Å². The first-order valence-corrected chi connectivity index (χ1v) is 6.87. The van der Waals surface area contributed by atoms with Gasteiger partial charge in [0.2, 0.25) is 0 Å². The van der Waals surface area contributed by atoms with Crippen LogP contribution in [0.3, 0.4) is 0 Å². The monoisotopic (exact) mass is 257 g/mol. The molecule has 2 aromatic heterocycles. The summed E-state index contributed by atoms with van der Waals surface area (Å²) in [5, 5.41) is 11.9. The first-order valence-electron chi connectivity index (χ1n) is 6.87. The van der Waals surface area contributed by atoms with Gasteiger partial charge in [0, 0.05) is 25.2 Å². The zero-order chi connectivity index (χ0) is 13.1. The third-order valence-corrected chi connectivity index (χ3v) is 3.47. The van der Waals surface area contributed by atoms with Gasteiger partial charge in [-0.15, -0.1) is 10.2 Å². The van der Waals surface area contributed by atoms with E-state index in [1.807, 2.05) is 25.1 Å². The Morgan fingerprint density at radius 3 is 3.05 bits per heavy atom. The topological polar surface area (TPSA) is 55.6 Å². The van der Waals surface area contributed by atoms with E-state index in [0.29, 0.717) is 0 Å². The van der Waals surface area contributed by atoms with Crippen molar-refractivity contribution in [2.45, 2.75) is 45.8 Å². The quantitative estimate of drug-likeness (QED) is 0.904. The number of hydrogen-bond acceptors (Lipinski definition) is 4. The van der Waals surface area contributed by atoms with Crippen LogP contribution in [0.5, 0.6) is 0 Å². The van der Waals surface area contributed by atoms with E-state index < -0.39 is 0 Å². The number of pyridine rings is 1. The molecule has 0 bridgehead atoms. The molecule has 1 aliphatic rings. The summed E-state index contributed by atoms with van der Waals surface area (Å²) in [5.41, 5.74) is 2.12. The van der Waals surface area contributed by atoms with E-state index in [1.54, 1.807) is 0 Å². The molecule has 0 amide bonds. The number of aryl methyl sites for hydroxylation is 2. The highest BCUT2D eigenvalue weighted by molar-refractivity contribution is 5.09. The zero-order valence-electron chi connectivity index (χ0n) is 11.3. The number of nitrogens with zero attached hydrogens (tertiary/aromatic N) is 4. The molecule has 0 aromatic carbocycles. The lowest BCUT2D eigenvalue weighted by atomic mass is 10.2. The summed E-state index contributed by atoms with van der Waals surface area (Å²) in [5.74, 6) is 2.18. The molecule has 1 N–H and O–H groups in total. The Morgan fingerprint density at radius 2 is 2.16 bits per heavy atom. The van der Waals surface area contributed by atoms with E-state index in [0.717, 1.165) is 49.1 Å². The van der Waals surface area contributed by atoms with E-state index in [4.69, 9.17) is 0 Å². The molecule has 1 aliphatic heterocycles. The Hall–Kier alpha value is -1.75. The lowest BCUT2D eigenvalue weighted by Gasteiger charge is -2.14. The highest BCUT2D eigenvalue weighted by Gasteiger charge is 2.14. The molecule has 3 rings (SSSR count). The Bertz CT molecular complexity index is 561. The fourth-order valence-corrected chi connectivity index (χ4v) is 2.50. The molecule has 0 unspecified atom stereocenters. The molecular weight excluding hydrogens is 238 g/mol. The number of aromatic nitrogens is 4. The maximum atomic E-state index is 4.47. The smallest absolute Gasteiger partial charge is 0.147 e. The van der Waals surface area contributed by atoms with Gasteiger partial charge in [-0.2, -0.15) is 0 Å². The maximum Gasteiger partial charge on any atom is 0.147 e. The third kappa shape index (κ3) is 2.81. The second-order valence-corrected chi connectivity index (χ2v) is 5.02. The van der Waals surface area contributed by atoms with Crippen molar-refractivity contribution >= 4 is 0 Å². The van der Waals surface area contributed by atoms with Crippen molar-refractivity contribution in [2.75, 3.05) is 0 Å². The lowest BCUT2D eigenvalue weighted by molar-refractivity contribution is 0.496. The van der Waals surface area contributed by atoms with Gasteiger partial charge in [-0.3, -0.25) is 4.98 Å². The van der Waals surface area contributed by atoms with Crippen molar-refractivity contribution < 1.29 is 0 Å². The van der Waals surface area contributed by atoms with E-state index in [-0.39, 0.29) is 0 Å². The van der Waals surface area contributed by atoms with Crippen molar-refractivity contribution in [1.29, 1.82) is 0 Å². The highest BCUT2D eigenvalue weighted by atomic mass is 15.3. The minimum atomic E-state index is 0.753. The van der Waals surface area contributed by atoms with Gasteiger partial charge in [0.15, 0.2) is 0 Å². The molecule has 0 saturated heterocycles. The van der Waals surface area contributed by atoms with E-state index in [1.165, 1.54) is 12.8 Å². The first-order chi connectivity index (χ1) is 9.33. The molecule has 5 nitrogen and oxygen atoms in total. The Balaban J connectivity index is 1.59. The summed E-state index contributed by atoms with van der Waals surface area (Å²) in [7, 11) is 0. The van der Waals surface area contributed by atoms with Crippen LogP contribution in [0.15, 0.2) is 18.2 Å². The molecule has 3 heterocycles. The predicted molar refractivity (Wildman–Crippen MR) is 72.5 cm³/mol. The van der Waals surface area contributed by atoms with Crippen molar-refractivity contribution in [3.8, 4) is 0 Å². The van der Waals surface area contributed by atoms with Gasteiger partial charge in [0.05, 0.1) is 12.2 Å². The molecule has 0 spiro atoms. The van der Waals surface area contributed by atoms with Crippen LogP contribution >= 0.6 is 0 Å². The second kappa shape index (κ2) is 5.48. The van der Waals surface area contributed by atoms with Crippen LogP contribution in [0, 0.1) is 6.92 Å². The maximum absolute atomic E-state index is 4.47. The summed E-state index contributed by atoms with van der Waals surface area (Å²) in [6.45, 7) is 4.59. The van der Waals surface area contributed by atoms with E-state index >= 15 is 0 Å². The molecule has 0 atom stereocenters. The van der Waals surface area contributed by atoms with Gasteiger partial charge in [-0.1, -0.05) is 6.07 Å². The molecule has 5 heteroatoms. The van der Waals surface area contributed by atoms with Crippen molar-refractivity contribution in [3.63, 3.8) is 0 Å². The van der Waals surface area contributed by atoms with Gasteiger partial charge < -0.3 is 9.88 Å². The summed E-state index contributed by atoms with van der Waals surface area (Å²) in [6.07, 6.45) is 3.53. The van der Waals surface area contributed by atoms with Gasteiger partial charge in [-0.05, 0) is 31.9 Å². The van der Waals surface area contributed by atoms with Crippen LogP contribution in [0.25, 0.3) is 0 Å². The third-order valence-electron chi connectivity index (χ3n) is 3.47. The number of hydrogen-bond donors (Lipinski definition) is 1. The van der Waals surface area contributed by atoms with Gasteiger partial charge in [-0.25, -0.2) is 0 Å². The number of rotatable bonds is 4. The molecule has 0 fully saturated rings. The summed E-state index contributed by atoms with van der Waals surface area (Å²) >= 11 is 0. The van der Waals surface area contributed by atoms with Crippen molar-refractivity contribution in [1.82, 2.24) is 25.1 Å². The van der Waals surface area contributed by atoms with Gasteiger partial charge >= 0.3 is 0 Å². The molecular formula is C14H19N5. The fourth-order valence-electron chi connectivity index (χ4n) is 2.50. The summed E-state index contributed by atoms with van der Waals surface area (Å²) in [6, 6.07) is 6.09. The van der Waals surface area contributed by atoms with E-state index in [2.05, 4.69) is 25.1 Å². The number of nitrogens with one attached hydrogen (secondary N) is 1. The first kappa shape index (κ1) is 12.3. The fraction of sp³-hybridized carbons (Fsp3) is 0.500. The predicted octanol–water partition coefficient (Wildman–Crippen LogP) is 1.61. The van der Waals surface area contributed by atoms with Crippen LogP contribution in [0.2, 0.25) is 0 Å². The minimum absolute atomic E-state index is 0.753. The molecule has 0 aliphatic carbocycles. The Kier molecular flexibility index (Phi) is 3.55. The summed E-state index contributed by atoms with van der Waals surface area (Å²) < 4.78 is 2.25. The standard InChI is InChI=1S/C14H19N5/c1-11-5-4-6-12(16-11)9-15-10-14-18-17-13-7-2-3-8-19(13)14/h4-6,15H,2-3,7-10H2,1H3. The van der Waals surface area contributed by atoms with Crippen LogP contribution in [-0.2, 0) is 26.1 Å². The normalized spacial score (nSPS) is 14.4. The van der Waals surface area contributed by atoms with Crippen molar-refractivity contribution in [3.05, 3.63) is 41.2 Å². The van der Waals surface area contributed by atoms with Crippen LogP contribution in [-0.4, -0.2) is 19.7 Å². The van der Waals surface area contributed by atoms with E-state index in [9.17, 15) is 0 Å². The average Bonchev–Trinajstić information content (AvgIpc) is 2.83.